The number of rotatable bonds is 4. The molecule has 20 heavy (non-hydrogen) atoms. The van der Waals surface area contributed by atoms with Crippen LogP contribution in [0, 0.1) is 0 Å². The highest BCUT2D eigenvalue weighted by Gasteiger charge is 2.20. The summed E-state index contributed by atoms with van der Waals surface area (Å²) in [7, 11) is 0. The van der Waals surface area contributed by atoms with E-state index in [2.05, 4.69) is 22.3 Å². The molecule has 0 aliphatic carbocycles. The van der Waals surface area contributed by atoms with E-state index in [0.29, 0.717) is 11.6 Å². The van der Waals surface area contributed by atoms with Crippen molar-refractivity contribution in [3.05, 3.63) is 29.8 Å². The molecular weight excluding hydrogens is 266 g/mol. The van der Waals surface area contributed by atoms with Gasteiger partial charge in [-0.25, -0.2) is 0 Å². The zero-order valence-electron chi connectivity index (χ0n) is 11.2. The molecule has 1 aromatic carbocycles. The fraction of sp³-hybridized carbons (Fsp3) is 0.500. The van der Waals surface area contributed by atoms with Crippen LogP contribution in [-0.2, 0) is 0 Å². The van der Waals surface area contributed by atoms with Gasteiger partial charge >= 0.3 is 6.61 Å². The largest absolute Gasteiger partial charge is 0.435 e. The van der Waals surface area contributed by atoms with Gasteiger partial charge in [0.05, 0.1) is 0 Å². The Bertz CT molecular complexity index is 468. The van der Waals surface area contributed by atoms with Gasteiger partial charge < -0.3 is 15.4 Å². The Morgan fingerprint density at radius 1 is 1.50 bits per heavy atom. The predicted octanol–water partition coefficient (Wildman–Crippen LogP) is 2.16. The van der Waals surface area contributed by atoms with Gasteiger partial charge in [0.15, 0.2) is 0 Å². The maximum absolute atomic E-state index is 12.1. The molecule has 2 rings (SSSR count). The standard InChI is InChI=1S/C14H18F2N2O2/c1-9-7-11(5-6-17-9)18-13(19)10-3-2-4-12(8-10)20-14(15)16/h2-4,8-9,11,14,17H,5-7H2,1H3,(H,18,19). The summed E-state index contributed by atoms with van der Waals surface area (Å²) in [5.74, 6) is -0.268. The summed E-state index contributed by atoms with van der Waals surface area (Å²) in [6.45, 7) is 0.0364. The topological polar surface area (TPSA) is 50.4 Å². The zero-order valence-corrected chi connectivity index (χ0v) is 11.2. The molecule has 0 saturated carbocycles. The number of alkyl halides is 2. The molecule has 6 heteroatoms. The number of piperidine rings is 1. The molecule has 2 atom stereocenters. The summed E-state index contributed by atoms with van der Waals surface area (Å²) in [5, 5.41) is 6.23. The Balaban J connectivity index is 1.98. The third kappa shape index (κ3) is 4.16. The molecule has 1 fully saturated rings. The Morgan fingerprint density at radius 2 is 2.30 bits per heavy atom. The van der Waals surface area contributed by atoms with Gasteiger partial charge in [-0.05, 0) is 44.5 Å². The predicted molar refractivity (Wildman–Crippen MR) is 71.0 cm³/mol. The number of nitrogens with one attached hydrogen (secondary N) is 2. The number of carbonyl (C=O) groups is 1. The normalized spacial score (nSPS) is 22.6. The van der Waals surface area contributed by atoms with E-state index in [1.165, 1.54) is 18.2 Å². The van der Waals surface area contributed by atoms with Gasteiger partial charge in [0, 0.05) is 17.6 Å². The highest BCUT2D eigenvalue weighted by atomic mass is 19.3. The van der Waals surface area contributed by atoms with Gasteiger partial charge in [0.25, 0.3) is 5.91 Å². The summed E-state index contributed by atoms with van der Waals surface area (Å²) in [6, 6.07) is 6.30. The van der Waals surface area contributed by atoms with Crippen LogP contribution < -0.4 is 15.4 Å². The first-order chi connectivity index (χ1) is 9.54. The van der Waals surface area contributed by atoms with Gasteiger partial charge in [-0.15, -0.1) is 0 Å². The van der Waals surface area contributed by atoms with Crippen LogP contribution >= 0.6 is 0 Å². The van der Waals surface area contributed by atoms with Crippen LogP contribution in [0.5, 0.6) is 5.75 Å². The molecule has 2 unspecified atom stereocenters. The molecule has 110 valence electrons. The second-order valence-corrected chi connectivity index (χ2v) is 4.96. The lowest BCUT2D eigenvalue weighted by molar-refractivity contribution is -0.0498. The Labute approximate surface area is 116 Å². The minimum absolute atomic E-state index is 0.00803. The summed E-state index contributed by atoms with van der Waals surface area (Å²) in [5.41, 5.74) is 0.328. The average Bonchev–Trinajstić information content (AvgIpc) is 2.38. The van der Waals surface area contributed by atoms with Gasteiger partial charge in [-0.1, -0.05) is 6.07 Å². The molecule has 1 aromatic rings. The van der Waals surface area contributed by atoms with E-state index >= 15 is 0 Å². The van der Waals surface area contributed by atoms with Crippen molar-refractivity contribution in [3.63, 3.8) is 0 Å². The lowest BCUT2D eigenvalue weighted by atomic mass is 10.0. The number of carbonyl (C=O) groups excluding carboxylic acids is 1. The molecule has 1 aliphatic rings. The molecule has 0 spiro atoms. The van der Waals surface area contributed by atoms with Crippen LogP contribution in [0.2, 0.25) is 0 Å². The van der Waals surface area contributed by atoms with E-state index in [0.717, 1.165) is 19.4 Å². The third-order valence-electron chi connectivity index (χ3n) is 3.28. The number of halogens is 2. The number of ether oxygens (including phenoxy) is 1. The van der Waals surface area contributed by atoms with Gasteiger partial charge in [0.2, 0.25) is 0 Å². The second-order valence-electron chi connectivity index (χ2n) is 4.96. The van der Waals surface area contributed by atoms with Crippen LogP contribution in [0.1, 0.15) is 30.1 Å². The third-order valence-corrected chi connectivity index (χ3v) is 3.28. The zero-order chi connectivity index (χ0) is 14.5. The van der Waals surface area contributed by atoms with Crippen molar-refractivity contribution >= 4 is 5.91 Å². The van der Waals surface area contributed by atoms with Crippen molar-refractivity contribution in [2.45, 2.75) is 38.5 Å². The smallest absolute Gasteiger partial charge is 0.387 e. The number of hydrogen-bond donors (Lipinski definition) is 2. The molecule has 1 aliphatic heterocycles. The molecule has 4 nitrogen and oxygen atoms in total. The monoisotopic (exact) mass is 284 g/mol. The molecule has 1 saturated heterocycles. The SMILES string of the molecule is CC1CC(NC(=O)c2cccc(OC(F)F)c2)CCN1. The van der Waals surface area contributed by atoms with Crippen molar-refractivity contribution < 1.29 is 18.3 Å². The summed E-state index contributed by atoms with van der Waals surface area (Å²) < 4.78 is 28.6. The summed E-state index contributed by atoms with van der Waals surface area (Å²) in [4.78, 5) is 12.1. The fourth-order valence-corrected chi connectivity index (χ4v) is 2.35. The molecule has 2 N–H and O–H groups in total. The number of benzene rings is 1. The van der Waals surface area contributed by atoms with Crippen molar-refractivity contribution in [1.82, 2.24) is 10.6 Å². The Kier molecular flexibility index (Phi) is 4.89. The molecule has 0 bridgehead atoms. The highest BCUT2D eigenvalue weighted by Crippen LogP contribution is 2.16. The van der Waals surface area contributed by atoms with E-state index in [4.69, 9.17) is 0 Å². The summed E-state index contributed by atoms with van der Waals surface area (Å²) in [6.07, 6.45) is 1.72. The second kappa shape index (κ2) is 6.65. The van der Waals surface area contributed by atoms with Crippen LogP contribution in [0.4, 0.5) is 8.78 Å². The fourth-order valence-electron chi connectivity index (χ4n) is 2.35. The number of hydrogen-bond acceptors (Lipinski definition) is 3. The number of amides is 1. The van der Waals surface area contributed by atoms with Crippen LogP contribution in [0.25, 0.3) is 0 Å². The van der Waals surface area contributed by atoms with Gasteiger partial charge in [-0.2, -0.15) is 8.78 Å². The molecule has 1 amide bonds. The minimum atomic E-state index is -2.89. The Morgan fingerprint density at radius 3 is 3.00 bits per heavy atom. The van der Waals surface area contributed by atoms with Crippen molar-refractivity contribution in [2.75, 3.05) is 6.54 Å². The minimum Gasteiger partial charge on any atom is -0.435 e. The maximum atomic E-state index is 12.1. The molecular formula is C14H18F2N2O2. The maximum Gasteiger partial charge on any atom is 0.387 e. The van der Waals surface area contributed by atoms with Gasteiger partial charge in [-0.3, -0.25) is 4.79 Å². The molecule has 0 aromatic heterocycles. The van der Waals surface area contributed by atoms with E-state index in [1.807, 2.05) is 0 Å². The van der Waals surface area contributed by atoms with Crippen LogP contribution in [0.15, 0.2) is 24.3 Å². The average molecular weight is 284 g/mol. The van der Waals surface area contributed by atoms with Crippen molar-refractivity contribution in [1.29, 1.82) is 0 Å². The first-order valence-electron chi connectivity index (χ1n) is 6.63. The first-order valence-corrected chi connectivity index (χ1v) is 6.63. The molecule has 0 radical (unpaired) electrons. The van der Waals surface area contributed by atoms with Gasteiger partial charge in [0.1, 0.15) is 5.75 Å². The van der Waals surface area contributed by atoms with Crippen LogP contribution in [0.3, 0.4) is 0 Å². The Hall–Kier alpha value is -1.69. The quantitative estimate of drug-likeness (QED) is 0.891. The summed E-state index contributed by atoms with van der Waals surface area (Å²) >= 11 is 0. The van der Waals surface area contributed by atoms with E-state index < -0.39 is 6.61 Å². The van der Waals surface area contributed by atoms with Crippen molar-refractivity contribution in [2.24, 2.45) is 0 Å². The van der Waals surface area contributed by atoms with Crippen molar-refractivity contribution in [3.8, 4) is 5.75 Å². The lowest BCUT2D eigenvalue weighted by Crippen LogP contribution is -2.46. The van der Waals surface area contributed by atoms with E-state index in [1.54, 1.807) is 6.07 Å². The highest BCUT2D eigenvalue weighted by molar-refractivity contribution is 5.94. The lowest BCUT2D eigenvalue weighted by Gasteiger charge is -2.28. The van der Waals surface area contributed by atoms with E-state index in [-0.39, 0.29) is 17.7 Å². The van der Waals surface area contributed by atoms with Crippen LogP contribution in [-0.4, -0.2) is 31.1 Å². The first kappa shape index (κ1) is 14.7. The molecule has 1 heterocycles. The van der Waals surface area contributed by atoms with E-state index in [9.17, 15) is 13.6 Å².